The first-order valence-electron chi connectivity index (χ1n) is 23.5. The van der Waals surface area contributed by atoms with Gasteiger partial charge in [0.05, 0.1) is 48.9 Å². The molecule has 0 bridgehead atoms. The summed E-state index contributed by atoms with van der Waals surface area (Å²) >= 11 is 0. The molecule has 0 unspecified atom stereocenters. The second kappa shape index (κ2) is 22.5. The van der Waals surface area contributed by atoms with Crippen molar-refractivity contribution in [1.82, 2.24) is 4.73 Å². The number of unbranched alkanes of at least 4 members (excludes halogenated alkanes) is 2. The van der Waals surface area contributed by atoms with Crippen molar-refractivity contribution in [3.05, 3.63) is 150 Å². The minimum absolute atomic E-state index is 0.0769. The molecule has 0 spiro atoms. The topological polar surface area (TPSA) is 169 Å². The van der Waals surface area contributed by atoms with Gasteiger partial charge in [-0.1, -0.05) is 72.9 Å². The molecule has 3 aliphatic rings. The van der Waals surface area contributed by atoms with E-state index >= 15 is 0 Å². The summed E-state index contributed by atoms with van der Waals surface area (Å²) in [6, 6.07) is 21.5. The Balaban J connectivity index is 1.09. The van der Waals surface area contributed by atoms with Gasteiger partial charge in [0.2, 0.25) is 17.4 Å². The SMILES string of the molecule is COCCOCCOCCN1c2cc3c(cc2C(C)=CC1(C)C)C(=CC=CC=CC=CC1=[N+](CCCCCC(=O)On2c(O)ccc2O)c2ccc(S(=O)(=O)O)cc2C1(C)C)C=C(c1ccccc1)O3. The average molecular weight is 975 g/mol. The predicted molar refractivity (Wildman–Crippen MR) is 272 cm³/mol. The van der Waals surface area contributed by atoms with E-state index in [4.69, 9.17) is 23.8 Å². The van der Waals surface area contributed by atoms with Crippen molar-refractivity contribution in [2.45, 2.75) is 76.2 Å². The highest BCUT2D eigenvalue weighted by Crippen LogP contribution is 2.47. The minimum atomic E-state index is -4.43. The smallest absolute Gasteiger partial charge is 0.333 e. The van der Waals surface area contributed by atoms with Crippen LogP contribution in [0.2, 0.25) is 0 Å². The van der Waals surface area contributed by atoms with Crippen molar-refractivity contribution in [1.29, 1.82) is 0 Å². The zero-order valence-corrected chi connectivity index (χ0v) is 41.6. The molecule has 0 amide bonds. The molecule has 0 fully saturated rings. The standard InChI is InChI=1S/C55H63N3O11S/c1-39-38-54(2,3)57(28-29-66-32-33-67-31-30-65-6)47-37-49-44(36-43(39)47)41(34-48(68-49)40-18-13-10-14-19-40)20-12-8-7-9-15-21-50-55(4,5)45-35-42(70(62,63)64)23-24-46(45)56(50)27-17-11-16-22-53(61)69-58-51(59)25-26-52(58)60/h7-10,12-15,18-21,23-26,34-38H,11,16-17,22,27-33H2,1-6H3,(H2-,59,60,62,63,64)/p+1. The first kappa shape index (κ1) is 51.4. The van der Waals surface area contributed by atoms with Gasteiger partial charge in [0, 0.05) is 84.8 Å². The quantitative estimate of drug-likeness (QED) is 0.0296. The third-order valence-electron chi connectivity index (χ3n) is 12.6. The molecule has 7 rings (SSSR count). The molecule has 14 nitrogen and oxygen atoms in total. The van der Waals surface area contributed by atoms with E-state index in [0.29, 0.717) is 70.1 Å². The number of anilines is 1. The van der Waals surface area contributed by atoms with Crippen LogP contribution in [0, 0.1) is 0 Å². The number of hydrogen-bond donors (Lipinski definition) is 3. The molecule has 3 aromatic carbocycles. The van der Waals surface area contributed by atoms with Crippen LogP contribution in [0.15, 0.2) is 132 Å². The summed E-state index contributed by atoms with van der Waals surface area (Å²) in [5.41, 5.74) is 8.02. The Labute approximate surface area is 411 Å². The van der Waals surface area contributed by atoms with Crippen LogP contribution in [0.5, 0.6) is 17.5 Å². The molecule has 0 aliphatic carbocycles. The number of fused-ring (bicyclic) bond motifs is 3. The molecular weight excluding hydrogens is 911 g/mol. The molecule has 15 heteroatoms. The second-order valence-corrected chi connectivity index (χ2v) is 19.8. The number of methoxy groups -OCH3 is 1. The van der Waals surface area contributed by atoms with E-state index in [1.807, 2.05) is 80.6 Å². The Bertz CT molecular complexity index is 2860. The number of hydrogen-bond acceptors (Lipinski definition) is 11. The highest BCUT2D eigenvalue weighted by Gasteiger charge is 2.45. The van der Waals surface area contributed by atoms with Gasteiger partial charge < -0.3 is 38.9 Å². The van der Waals surface area contributed by atoms with Crippen molar-refractivity contribution in [2.24, 2.45) is 0 Å². The molecule has 3 N–H and O–H groups in total. The van der Waals surface area contributed by atoms with Crippen molar-refractivity contribution in [3.63, 3.8) is 0 Å². The van der Waals surface area contributed by atoms with Gasteiger partial charge in [-0.05, 0) is 82.9 Å². The predicted octanol–water partition coefficient (Wildman–Crippen LogP) is 9.61. The minimum Gasteiger partial charge on any atom is -0.492 e. The summed E-state index contributed by atoms with van der Waals surface area (Å²) in [6.07, 6.45) is 20.3. The highest BCUT2D eigenvalue weighted by atomic mass is 32.2. The van der Waals surface area contributed by atoms with Gasteiger partial charge in [-0.3, -0.25) is 4.55 Å². The third-order valence-corrected chi connectivity index (χ3v) is 13.5. The average Bonchev–Trinajstić information content (AvgIpc) is 3.74. The van der Waals surface area contributed by atoms with Crippen LogP contribution in [0.1, 0.15) is 82.6 Å². The van der Waals surface area contributed by atoms with Crippen molar-refractivity contribution >= 4 is 50.1 Å². The summed E-state index contributed by atoms with van der Waals surface area (Å²) in [7, 11) is -2.78. The Hall–Kier alpha value is -6.49. The maximum Gasteiger partial charge on any atom is 0.333 e. The lowest BCUT2D eigenvalue weighted by Crippen LogP contribution is -2.46. The maximum absolute atomic E-state index is 12.4. The van der Waals surface area contributed by atoms with Gasteiger partial charge in [-0.25, -0.2) is 4.79 Å². The van der Waals surface area contributed by atoms with E-state index in [1.54, 1.807) is 13.2 Å². The fraction of sp³-hybridized carbons (Fsp3) is 0.345. The van der Waals surface area contributed by atoms with E-state index in [9.17, 15) is 28.0 Å². The lowest BCUT2D eigenvalue weighted by molar-refractivity contribution is -0.438. The number of aromatic nitrogens is 1. The zero-order chi connectivity index (χ0) is 50.1. The fourth-order valence-electron chi connectivity index (χ4n) is 9.11. The van der Waals surface area contributed by atoms with Gasteiger partial charge in [0.25, 0.3) is 10.1 Å². The van der Waals surface area contributed by atoms with Crippen molar-refractivity contribution in [3.8, 4) is 17.5 Å². The molecule has 4 aromatic rings. The lowest BCUT2D eigenvalue weighted by atomic mass is 9.81. The molecular formula is C55H64N3O11S+. The largest absolute Gasteiger partial charge is 0.492 e. The van der Waals surface area contributed by atoms with Gasteiger partial charge in [-0.2, -0.15) is 13.0 Å². The second-order valence-electron chi connectivity index (χ2n) is 18.4. The molecule has 0 atom stereocenters. The molecule has 0 radical (unpaired) electrons. The number of allylic oxidation sites excluding steroid dienone is 10. The molecule has 0 saturated heterocycles. The van der Waals surface area contributed by atoms with Crippen LogP contribution in [0.3, 0.4) is 0 Å². The van der Waals surface area contributed by atoms with Crippen LogP contribution < -0.4 is 14.5 Å². The molecule has 3 aliphatic heterocycles. The fourth-order valence-corrected chi connectivity index (χ4v) is 9.61. The summed E-state index contributed by atoms with van der Waals surface area (Å²) in [4.78, 5) is 19.7. The summed E-state index contributed by atoms with van der Waals surface area (Å²) in [5.74, 6) is 0.159. The van der Waals surface area contributed by atoms with Crippen molar-refractivity contribution < 1.29 is 56.3 Å². The summed E-state index contributed by atoms with van der Waals surface area (Å²) in [6.45, 7) is 14.5. The van der Waals surface area contributed by atoms with Crippen LogP contribution in [0.4, 0.5) is 11.4 Å². The Morgan fingerprint density at radius 3 is 2.24 bits per heavy atom. The third kappa shape index (κ3) is 12.1. The Morgan fingerprint density at radius 1 is 0.814 bits per heavy atom. The van der Waals surface area contributed by atoms with Crippen LogP contribution in [0.25, 0.3) is 16.9 Å². The first-order chi connectivity index (χ1) is 33.5. The molecule has 4 heterocycles. The van der Waals surface area contributed by atoms with Crippen molar-refractivity contribution in [2.75, 3.05) is 58.1 Å². The molecule has 370 valence electrons. The van der Waals surface area contributed by atoms with E-state index < -0.39 is 21.5 Å². The molecule has 0 saturated carbocycles. The Morgan fingerprint density at radius 2 is 1.51 bits per heavy atom. The zero-order valence-electron chi connectivity index (χ0n) is 40.8. The number of ether oxygens (including phenoxy) is 4. The van der Waals surface area contributed by atoms with E-state index in [2.05, 4.69) is 60.6 Å². The van der Waals surface area contributed by atoms with Crippen LogP contribution in [-0.2, 0) is 34.5 Å². The monoisotopic (exact) mass is 974 g/mol. The van der Waals surface area contributed by atoms with E-state index in [1.165, 1.54) is 29.8 Å². The molecule has 70 heavy (non-hydrogen) atoms. The van der Waals surface area contributed by atoms with E-state index in [-0.39, 0.29) is 28.6 Å². The highest BCUT2D eigenvalue weighted by molar-refractivity contribution is 7.85. The number of benzene rings is 3. The molecule has 1 aromatic heterocycles. The van der Waals surface area contributed by atoms with Gasteiger partial charge in [-0.15, -0.1) is 4.73 Å². The first-order valence-corrected chi connectivity index (χ1v) is 25.0. The summed E-state index contributed by atoms with van der Waals surface area (Å²) < 4.78 is 60.4. The van der Waals surface area contributed by atoms with Gasteiger partial charge >= 0.3 is 5.97 Å². The normalized spacial score (nSPS) is 16.7. The van der Waals surface area contributed by atoms with Gasteiger partial charge in [0.15, 0.2) is 5.71 Å². The van der Waals surface area contributed by atoms with Gasteiger partial charge in [0.1, 0.15) is 18.1 Å². The van der Waals surface area contributed by atoms with Crippen LogP contribution >= 0.6 is 0 Å². The van der Waals surface area contributed by atoms with Crippen LogP contribution in [-0.4, -0.2) is 103 Å². The van der Waals surface area contributed by atoms with E-state index in [0.717, 1.165) is 56.4 Å². The number of nitrogens with zero attached hydrogens (tertiary/aromatic N) is 3. The maximum atomic E-state index is 12.4. The Kier molecular flexibility index (Phi) is 16.5. The number of aromatic hydroxyl groups is 2. The number of rotatable bonds is 22. The lowest BCUT2D eigenvalue weighted by Gasteiger charge is -2.44. The number of carbonyl (C=O) groups is 1. The summed E-state index contributed by atoms with van der Waals surface area (Å²) in [5, 5.41) is 19.6. The number of carbonyl (C=O) groups excluding carboxylic acids is 1.